The lowest BCUT2D eigenvalue weighted by atomic mass is 10.3. The van der Waals surface area contributed by atoms with Gasteiger partial charge in [0.15, 0.2) is 11.5 Å². The number of aryl methyl sites for hydroxylation is 1. The van der Waals surface area contributed by atoms with Gasteiger partial charge in [0, 0.05) is 18.5 Å². The largest absolute Gasteiger partial charge is 0.492 e. The molecule has 1 aromatic heterocycles. The van der Waals surface area contributed by atoms with Crippen molar-refractivity contribution in [2.45, 2.75) is 13.5 Å². The molecule has 0 fully saturated rings. The molecule has 1 aliphatic heterocycles. The quantitative estimate of drug-likeness (QED) is 0.827. The molecule has 0 amide bonds. The Hall–Kier alpha value is -2.17. The summed E-state index contributed by atoms with van der Waals surface area (Å²) in [6, 6.07) is 5.59. The summed E-state index contributed by atoms with van der Waals surface area (Å²) in [7, 11) is 0. The lowest BCUT2D eigenvalue weighted by Gasteiger charge is -2.08. The van der Waals surface area contributed by atoms with Gasteiger partial charge in [0.1, 0.15) is 18.2 Å². The molecule has 0 bridgehead atoms. The van der Waals surface area contributed by atoms with Gasteiger partial charge in [-0.2, -0.15) is 0 Å². The Bertz CT molecular complexity index is 551. The van der Waals surface area contributed by atoms with Crippen LogP contribution in [0.5, 0.6) is 17.2 Å². The van der Waals surface area contributed by atoms with Crippen molar-refractivity contribution < 1.29 is 14.2 Å². The highest BCUT2D eigenvalue weighted by molar-refractivity contribution is 5.46. The molecule has 2 aromatic rings. The van der Waals surface area contributed by atoms with E-state index in [1.54, 1.807) is 6.20 Å². The first kappa shape index (κ1) is 11.0. The summed E-state index contributed by atoms with van der Waals surface area (Å²) in [4.78, 5) is 4.16. The first-order chi connectivity index (χ1) is 8.83. The zero-order valence-electron chi connectivity index (χ0n) is 10.1. The van der Waals surface area contributed by atoms with Crippen LogP contribution in [0.4, 0.5) is 0 Å². The molecule has 1 aromatic carbocycles. The standard InChI is InChI=1S/C13H14N2O3/c1-10-14-4-5-15(10)6-7-16-11-2-3-12-13(8-11)18-9-17-12/h2-5,8H,6-7,9H2,1H3. The monoisotopic (exact) mass is 246 g/mol. The van der Waals surface area contributed by atoms with Gasteiger partial charge in [0.05, 0.1) is 6.54 Å². The fraction of sp³-hybridized carbons (Fsp3) is 0.308. The van der Waals surface area contributed by atoms with E-state index in [0.717, 1.165) is 29.6 Å². The third kappa shape index (κ3) is 2.11. The van der Waals surface area contributed by atoms with Crippen LogP contribution in [0.1, 0.15) is 5.82 Å². The van der Waals surface area contributed by atoms with Crippen LogP contribution < -0.4 is 14.2 Å². The lowest BCUT2D eigenvalue weighted by molar-refractivity contribution is 0.173. The van der Waals surface area contributed by atoms with Crippen LogP contribution in [-0.2, 0) is 6.54 Å². The minimum Gasteiger partial charge on any atom is -0.492 e. The fourth-order valence-electron chi connectivity index (χ4n) is 1.87. The van der Waals surface area contributed by atoms with Gasteiger partial charge >= 0.3 is 0 Å². The second-order valence-corrected chi connectivity index (χ2v) is 4.03. The number of fused-ring (bicyclic) bond motifs is 1. The molecule has 0 N–H and O–H groups in total. The van der Waals surface area contributed by atoms with Crippen molar-refractivity contribution in [2.75, 3.05) is 13.4 Å². The summed E-state index contributed by atoms with van der Waals surface area (Å²) in [5.74, 6) is 3.29. The average Bonchev–Trinajstić information content (AvgIpc) is 2.98. The predicted molar refractivity (Wildman–Crippen MR) is 65.0 cm³/mol. The summed E-state index contributed by atoms with van der Waals surface area (Å²) in [6.45, 7) is 3.63. The van der Waals surface area contributed by atoms with Crippen LogP contribution in [0.2, 0.25) is 0 Å². The number of hydrogen-bond acceptors (Lipinski definition) is 4. The topological polar surface area (TPSA) is 45.5 Å². The highest BCUT2D eigenvalue weighted by Crippen LogP contribution is 2.34. The van der Waals surface area contributed by atoms with Gasteiger partial charge in [0.2, 0.25) is 6.79 Å². The second kappa shape index (κ2) is 4.60. The van der Waals surface area contributed by atoms with E-state index < -0.39 is 0 Å². The van der Waals surface area contributed by atoms with Gasteiger partial charge in [0.25, 0.3) is 0 Å². The maximum absolute atomic E-state index is 5.68. The van der Waals surface area contributed by atoms with E-state index in [-0.39, 0.29) is 6.79 Å². The SMILES string of the molecule is Cc1nccn1CCOc1ccc2c(c1)OCO2. The highest BCUT2D eigenvalue weighted by atomic mass is 16.7. The average molecular weight is 246 g/mol. The molecule has 18 heavy (non-hydrogen) atoms. The number of ether oxygens (including phenoxy) is 3. The van der Waals surface area contributed by atoms with Crippen LogP contribution in [0, 0.1) is 6.92 Å². The molecule has 0 unspecified atom stereocenters. The van der Waals surface area contributed by atoms with Gasteiger partial charge in [-0.1, -0.05) is 0 Å². The van der Waals surface area contributed by atoms with Crippen LogP contribution >= 0.6 is 0 Å². The van der Waals surface area contributed by atoms with E-state index in [1.165, 1.54) is 0 Å². The fourth-order valence-corrected chi connectivity index (χ4v) is 1.87. The summed E-state index contributed by atoms with van der Waals surface area (Å²) < 4.78 is 18.3. The van der Waals surface area contributed by atoms with Gasteiger partial charge < -0.3 is 18.8 Å². The lowest BCUT2D eigenvalue weighted by Crippen LogP contribution is -2.08. The zero-order valence-corrected chi connectivity index (χ0v) is 10.1. The van der Waals surface area contributed by atoms with E-state index in [0.29, 0.717) is 6.61 Å². The number of imidazole rings is 1. The normalized spacial score (nSPS) is 12.7. The molecular formula is C13H14N2O3. The molecule has 3 rings (SSSR count). The van der Waals surface area contributed by atoms with Gasteiger partial charge in [-0.15, -0.1) is 0 Å². The zero-order chi connectivity index (χ0) is 12.4. The molecule has 94 valence electrons. The summed E-state index contributed by atoms with van der Waals surface area (Å²) in [5, 5.41) is 0. The third-order valence-electron chi connectivity index (χ3n) is 2.87. The Morgan fingerprint density at radius 1 is 1.33 bits per heavy atom. The first-order valence-corrected chi connectivity index (χ1v) is 5.83. The van der Waals surface area contributed by atoms with E-state index >= 15 is 0 Å². The molecule has 0 aliphatic carbocycles. The van der Waals surface area contributed by atoms with Crippen molar-refractivity contribution in [3.63, 3.8) is 0 Å². The Labute approximate surface area is 105 Å². The maximum Gasteiger partial charge on any atom is 0.231 e. The molecule has 5 heteroatoms. The summed E-state index contributed by atoms with van der Waals surface area (Å²) in [5.41, 5.74) is 0. The Morgan fingerprint density at radius 2 is 2.22 bits per heavy atom. The van der Waals surface area contributed by atoms with Crippen molar-refractivity contribution in [1.29, 1.82) is 0 Å². The van der Waals surface area contributed by atoms with Crippen molar-refractivity contribution >= 4 is 0 Å². The Balaban J connectivity index is 1.59. The van der Waals surface area contributed by atoms with E-state index in [9.17, 15) is 0 Å². The van der Waals surface area contributed by atoms with Crippen LogP contribution in [0.3, 0.4) is 0 Å². The van der Waals surface area contributed by atoms with E-state index in [2.05, 4.69) is 4.98 Å². The van der Waals surface area contributed by atoms with Crippen molar-refractivity contribution in [1.82, 2.24) is 9.55 Å². The van der Waals surface area contributed by atoms with Crippen LogP contribution in [-0.4, -0.2) is 23.0 Å². The molecule has 1 aliphatic rings. The Morgan fingerprint density at radius 3 is 3.06 bits per heavy atom. The van der Waals surface area contributed by atoms with Gasteiger partial charge in [-0.25, -0.2) is 4.98 Å². The minimum atomic E-state index is 0.285. The molecular weight excluding hydrogens is 232 g/mol. The molecule has 0 atom stereocenters. The molecule has 0 saturated heterocycles. The second-order valence-electron chi connectivity index (χ2n) is 4.03. The summed E-state index contributed by atoms with van der Waals surface area (Å²) in [6.07, 6.45) is 3.73. The predicted octanol–water partition coefficient (Wildman–Crippen LogP) is 2.00. The molecule has 5 nitrogen and oxygen atoms in total. The van der Waals surface area contributed by atoms with Crippen molar-refractivity contribution in [3.05, 3.63) is 36.4 Å². The number of nitrogens with zero attached hydrogens (tertiary/aromatic N) is 2. The van der Waals surface area contributed by atoms with Gasteiger partial charge in [-0.05, 0) is 19.1 Å². The smallest absolute Gasteiger partial charge is 0.231 e. The number of benzene rings is 1. The maximum atomic E-state index is 5.68. The third-order valence-corrected chi connectivity index (χ3v) is 2.87. The van der Waals surface area contributed by atoms with Crippen molar-refractivity contribution in [2.24, 2.45) is 0 Å². The molecule has 0 saturated carbocycles. The van der Waals surface area contributed by atoms with E-state index in [1.807, 2.05) is 35.9 Å². The molecule has 0 spiro atoms. The number of rotatable bonds is 4. The molecule has 2 heterocycles. The minimum absolute atomic E-state index is 0.285. The van der Waals surface area contributed by atoms with Gasteiger partial charge in [-0.3, -0.25) is 0 Å². The van der Waals surface area contributed by atoms with Crippen molar-refractivity contribution in [3.8, 4) is 17.2 Å². The summed E-state index contributed by atoms with van der Waals surface area (Å²) >= 11 is 0. The van der Waals surface area contributed by atoms with Crippen LogP contribution in [0.25, 0.3) is 0 Å². The van der Waals surface area contributed by atoms with Crippen LogP contribution in [0.15, 0.2) is 30.6 Å². The first-order valence-electron chi connectivity index (χ1n) is 5.83. The Kier molecular flexibility index (Phi) is 2.80. The number of aromatic nitrogens is 2. The highest BCUT2D eigenvalue weighted by Gasteiger charge is 2.13. The van der Waals surface area contributed by atoms with E-state index in [4.69, 9.17) is 14.2 Å². The molecule has 0 radical (unpaired) electrons. The number of hydrogen-bond donors (Lipinski definition) is 0.